The minimum Gasteiger partial charge on any atom is -0.378 e. The molecule has 1 aromatic heterocycles. The Bertz CT molecular complexity index is 865. The van der Waals surface area contributed by atoms with Crippen LogP contribution in [0.25, 0.3) is 0 Å². The zero-order valence-corrected chi connectivity index (χ0v) is 18.4. The first-order chi connectivity index (χ1) is 14.6. The first-order valence-electron chi connectivity index (χ1n) is 11.5. The third-order valence-electron chi connectivity index (χ3n) is 6.62. The van der Waals surface area contributed by atoms with Crippen LogP contribution >= 0.6 is 0 Å². The van der Waals surface area contributed by atoms with Gasteiger partial charge in [-0.3, -0.25) is 4.79 Å². The third-order valence-corrected chi connectivity index (χ3v) is 6.62. The van der Waals surface area contributed by atoms with Gasteiger partial charge in [-0.1, -0.05) is 38.1 Å². The summed E-state index contributed by atoms with van der Waals surface area (Å²) >= 11 is 0. The summed E-state index contributed by atoms with van der Waals surface area (Å²) in [5, 5.41) is 0. The second kappa shape index (κ2) is 9.69. The van der Waals surface area contributed by atoms with E-state index >= 15 is 0 Å². The Morgan fingerprint density at radius 2 is 1.70 bits per heavy atom. The lowest BCUT2D eigenvalue weighted by Gasteiger charge is -2.30. The number of hydrogen-bond acceptors (Lipinski definition) is 4. The maximum Gasteiger partial charge on any atom is 0.251 e. The molecule has 0 unspecified atom stereocenters. The van der Waals surface area contributed by atoms with Crippen molar-refractivity contribution in [3.8, 4) is 0 Å². The minimum absolute atomic E-state index is 0.00588. The molecular formula is C25H35N3O2. The highest BCUT2D eigenvalue weighted by Gasteiger charge is 2.21. The van der Waals surface area contributed by atoms with Gasteiger partial charge in [0, 0.05) is 44.0 Å². The molecule has 5 nitrogen and oxygen atoms in total. The highest BCUT2D eigenvalue weighted by atomic mass is 16.5. The van der Waals surface area contributed by atoms with Crippen molar-refractivity contribution in [2.75, 3.05) is 49.2 Å². The van der Waals surface area contributed by atoms with Crippen LogP contribution in [0.3, 0.4) is 0 Å². The third kappa shape index (κ3) is 5.45. The number of aromatic amines is 1. The molecule has 0 saturated carbocycles. The van der Waals surface area contributed by atoms with Crippen molar-refractivity contribution in [1.82, 2.24) is 4.98 Å². The highest BCUT2D eigenvalue weighted by Crippen LogP contribution is 2.28. The van der Waals surface area contributed by atoms with Gasteiger partial charge >= 0.3 is 0 Å². The van der Waals surface area contributed by atoms with E-state index in [1.807, 2.05) is 0 Å². The largest absolute Gasteiger partial charge is 0.378 e. The van der Waals surface area contributed by atoms with Gasteiger partial charge in [0.05, 0.1) is 13.2 Å². The Balaban J connectivity index is 0.000000259. The summed E-state index contributed by atoms with van der Waals surface area (Å²) in [5.41, 5.74) is 4.08. The molecule has 0 spiro atoms. The predicted octanol–water partition coefficient (Wildman–Crippen LogP) is 4.06. The van der Waals surface area contributed by atoms with Crippen molar-refractivity contribution < 1.29 is 4.74 Å². The Labute approximate surface area is 180 Å². The number of rotatable bonds is 3. The zero-order chi connectivity index (χ0) is 20.9. The average molecular weight is 410 g/mol. The standard InChI is InChI=1S/C18H29N3O2.C7H6/c1-14(2)15-4-3-6-21(7-5-15)17-12-16(13-18(22)19-17)20-8-10-23-11-9-20;1-2-4-7-5-6(7)3-1/h12-15H,3-11H2,1-2H3,(H,19,22);1-4H,5H2/t15-;/m0./s1. The van der Waals surface area contributed by atoms with E-state index in [0.717, 1.165) is 62.7 Å². The lowest BCUT2D eigenvalue weighted by atomic mass is 9.89. The smallest absolute Gasteiger partial charge is 0.251 e. The molecule has 3 aliphatic rings. The highest BCUT2D eigenvalue weighted by molar-refractivity contribution is 5.55. The van der Waals surface area contributed by atoms with E-state index in [1.54, 1.807) is 6.07 Å². The fourth-order valence-electron chi connectivity index (χ4n) is 4.55. The minimum atomic E-state index is -0.00588. The monoisotopic (exact) mass is 409 g/mol. The molecule has 0 radical (unpaired) electrons. The van der Waals surface area contributed by atoms with Crippen LogP contribution in [0.5, 0.6) is 0 Å². The van der Waals surface area contributed by atoms with E-state index in [2.05, 4.69) is 59.0 Å². The maximum absolute atomic E-state index is 12.1. The Morgan fingerprint density at radius 1 is 0.967 bits per heavy atom. The summed E-state index contributed by atoms with van der Waals surface area (Å²) < 4.78 is 5.41. The number of H-pyrrole nitrogens is 1. The Morgan fingerprint density at radius 3 is 2.37 bits per heavy atom. The van der Waals surface area contributed by atoms with Crippen molar-refractivity contribution in [2.24, 2.45) is 11.8 Å². The second-order valence-corrected chi connectivity index (χ2v) is 9.05. The summed E-state index contributed by atoms with van der Waals surface area (Å²) in [6.07, 6.45) is 4.95. The van der Waals surface area contributed by atoms with E-state index < -0.39 is 0 Å². The van der Waals surface area contributed by atoms with E-state index in [1.165, 1.54) is 36.8 Å². The molecule has 2 aliphatic heterocycles. The fraction of sp³-hybridized carbons (Fsp3) is 0.560. The molecule has 5 rings (SSSR count). The van der Waals surface area contributed by atoms with Crippen molar-refractivity contribution in [1.29, 1.82) is 0 Å². The van der Waals surface area contributed by atoms with Gasteiger partial charge in [-0.15, -0.1) is 0 Å². The average Bonchev–Trinajstić information content (AvgIpc) is 3.57. The number of fused-ring (bicyclic) bond motifs is 1. The molecule has 1 aliphatic carbocycles. The van der Waals surface area contributed by atoms with Crippen LogP contribution in [0.1, 0.15) is 44.2 Å². The normalized spacial score (nSPS) is 20.8. The molecule has 162 valence electrons. The predicted molar refractivity (Wildman–Crippen MR) is 124 cm³/mol. The Kier molecular flexibility index (Phi) is 6.78. The molecule has 30 heavy (non-hydrogen) atoms. The SMILES string of the molecule is CC(C)[C@H]1CCCN(c2cc(N3CCOCC3)cc(=O)[nH]2)CC1.c1ccc2c(c1)C2. The van der Waals surface area contributed by atoms with E-state index in [-0.39, 0.29) is 5.56 Å². The molecule has 1 atom stereocenters. The van der Waals surface area contributed by atoms with Gasteiger partial charge in [0.15, 0.2) is 0 Å². The number of morpholine rings is 1. The van der Waals surface area contributed by atoms with Gasteiger partial charge in [-0.05, 0) is 48.6 Å². The quantitative estimate of drug-likeness (QED) is 0.709. The van der Waals surface area contributed by atoms with Crippen molar-refractivity contribution in [3.05, 3.63) is 57.9 Å². The summed E-state index contributed by atoms with van der Waals surface area (Å²) in [6, 6.07) is 12.4. The molecule has 2 aromatic rings. The molecule has 0 amide bonds. The number of nitrogens with one attached hydrogen (secondary N) is 1. The van der Waals surface area contributed by atoms with Crippen LogP contribution in [-0.4, -0.2) is 44.4 Å². The number of anilines is 2. The van der Waals surface area contributed by atoms with Crippen molar-refractivity contribution >= 4 is 11.5 Å². The molecule has 1 aromatic carbocycles. The topological polar surface area (TPSA) is 48.6 Å². The lowest BCUT2D eigenvalue weighted by Crippen LogP contribution is -2.37. The van der Waals surface area contributed by atoms with Gasteiger partial charge in [0.2, 0.25) is 0 Å². The second-order valence-electron chi connectivity index (χ2n) is 9.05. The van der Waals surface area contributed by atoms with Crippen molar-refractivity contribution in [2.45, 2.75) is 39.5 Å². The number of hydrogen-bond donors (Lipinski definition) is 1. The number of benzene rings is 1. The van der Waals surface area contributed by atoms with Gasteiger partial charge in [-0.25, -0.2) is 0 Å². The molecule has 0 bridgehead atoms. The van der Waals surface area contributed by atoms with Gasteiger partial charge in [0.25, 0.3) is 5.56 Å². The Hall–Kier alpha value is -2.27. The van der Waals surface area contributed by atoms with Crippen LogP contribution in [0.2, 0.25) is 0 Å². The molecule has 1 N–H and O–H groups in total. The summed E-state index contributed by atoms with van der Waals surface area (Å²) in [4.78, 5) is 19.8. The molecule has 3 heterocycles. The fourth-order valence-corrected chi connectivity index (χ4v) is 4.55. The molecule has 2 fully saturated rings. The van der Waals surface area contributed by atoms with Gasteiger partial charge < -0.3 is 19.5 Å². The number of pyridine rings is 1. The lowest BCUT2D eigenvalue weighted by molar-refractivity contribution is 0.122. The zero-order valence-electron chi connectivity index (χ0n) is 18.4. The van der Waals surface area contributed by atoms with Crippen LogP contribution in [0.15, 0.2) is 41.2 Å². The van der Waals surface area contributed by atoms with E-state index in [9.17, 15) is 4.79 Å². The van der Waals surface area contributed by atoms with Crippen molar-refractivity contribution in [3.63, 3.8) is 0 Å². The van der Waals surface area contributed by atoms with Crippen LogP contribution in [0, 0.1) is 11.8 Å². The number of aromatic nitrogens is 1. The van der Waals surface area contributed by atoms with E-state index in [4.69, 9.17) is 4.74 Å². The molecular weight excluding hydrogens is 374 g/mol. The van der Waals surface area contributed by atoms with Gasteiger partial charge in [0.1, 0.15) is 5.82 Å². The first kappa shape index (κ1) is 21.0. The maximum atomic E-state index is 12.1. The van der Waals surface area contributed by atoms with Gasteiger partial charge in [-0.2, -0.15) is 0 Å². The molecule has 5 heteroatoms. The summed E-state index contributed by atoms with van der Waals surface area (Å²) in [7, 11) is 0. The first-order valence-corrected chi connectivity index (χ1v) is 11.5. The summed E-state index contributed by atoms with van der Waals surface area (Å²) in [5.74, 6) is 2.52. The van der Waals surface area contributed by atoms with E-state index in [0.29, 0.717) is 0 Å². The molecule has 2 saturated heterocycles. The number of ether oxygens (including phenoxy) is 1. The van der Waals surface area contributed by atoms with Crippen LogP contribution in [0.4, 0.5) is 11.5 Å². The van der Waals surface area contributed by atoms with Crippen LogP contribution < -0.4 is 15.4 Å². The van der Waals surface area contributed by atoms with Crippen LogP contribution in [-0.2, 0) is 11.2 Å². The summed E-state index contributed by atoms with van der Waals surface area (Å²) in [6.45, 7) is 9.90. The number of nitrogens with zero attached hydrogens (tertiary/aromatic N) is 2.